The monoisotopic (exact) mass is 447 g/mol. The van der Waals surface area contributed by atoms with Crippen LogP contribution in [0, 0.1) is 20.8 Å². The molecule has 1 atom stereocenters. The maximum absolute atomic E-state index is 13.7. The van der Waals surface area contributed by atoms with Gasteiger partial charge in [0.15, 0.2) is 5.82 Å². The number of anilines is 1. The molecule has 7 nitrogen and oxygen atoms in total. The molecular weight excluding hydrogens is 419 g/mol. The Bertz CT molecular complexity index is 1060. The number of H-pyrrole nitrogens is 1. The molecule has 2 aliphatic rings. The SMILES string of the molecule is Cc1cc(NC2=C(C(F)(F)F)C=NC(N)(c3cc(C)c(C4CCNCC4)cc3C)N2)n[nH]1. The van der Waals surface area contributed by atoms with Gasteiger partial charge in [0.25, 0.3) is 0 Å². The molecule has 1 saturated heterocycles. The van der Waals surface area contributed by atoms with E-state index in [9.17, 15) is 13.2 Å². The van der Waals surface area contributed by atoms with E-state index in [1.807, 2.05) is 19.9 Å². The first kappa shape index (κ1) is 22.3. The first-order valence-corrected chi connectivity index (χ1v) is 10.6. The van der Waals surface area contributed by atoms with Crippen LogP contribution in [-0.4, -0.2) is 35.7 Å². The molecule has 32 heavy (non-hydrogen) atoms. The summed E-state index contributed by atoms with van der Waals surface area (Å²) in [4.78, 5) is 4.11. The third-order valence-corrected chi connectivity index (χ3v) is 6.05. The number of hydrogen-bond acceptors (Lipinski definition) is 6. The molecule has 1 unspecified atom stereocenters. The molecule has 10 heteroatoms. The van der Waals surface area contributed by atoms with Gasteiger partial charge in [-0.05, 0) is 75.4 Å². The van der Waals surface area contributed by atoms with Gasteiger partial charge >= 0.3 is 6.18 Å². The van der Waals surface area contributed by atoms with Gasteiger partial charge in [-0.3, -0.25) is 10.8 Å². The normalized spacial score (nSPS) is 22.2. The number of nitrogens with two attached hydrogens (primary N) is 1. The second-order valence-electron chi connectivity index (χ2n) is 8.55. The van der Waals surface area contributed by atoms with Crippen LogP contribution >= 0.6 is 0 Å². The molecule has 0 radical (unpaired) electrons. The van der Waals surface area contributed by atoms with E-state index >= 15 is 0 Å². The zero-order valence-corrected chi connectivity index (χ0v) is 18.3. The maximum atomic E-state index is 13.7. The number of hydrogen-bond donors (Lipinski definition) is 5. The zero-order chi connectivity index (χ0) is 23.1. The number of aromatic amines is 1. The van der Waals surface area contributed by atoms with Crippen LogP contribution < -0.4 is 21.7 Å². The van der Waals surface area contributed by atoms with Crippen molar-refractivity contribution in [1.82, 2.24) is 20.8 Å². The Balaban J connectivity index is 1.69. The Morgan fingerprint density at radius 1 is 1.09 bits per heavy atom. The van der Waals surface area contributed by atoms with E-state index < -0.39 is 17.5 Å². The number of aliphatic imine (C=N–C) groups is 1. The average molecular weight is 448 g/mol. The molecular formula is C22H28F3N7. The highest BCUT2D eigenvalue weighted by Crippen LogP contribution is 2.36. The van der Waals surface area contributed by atoms with Gasteiger partial charge in [0.05, 0.1) is 0 Å². The Morgan fingerprint density at radius 3 is 2.44 bits per heavy atom. The number of halogens is 3. The maximum Gasteiger partial charge on any atom is 0.421 e. The first-order valence-electron chi connectivity index (χ1n) is 10.6. The van der Waals surface area contributed by atoms with Gasteiger partial charge in [-0.25, -0.2) is 4.99 Å². The second-order valence-corrected chi connectivity index (χ2v) is 8.55. The number of alkyl halides is 3. The van der Waals surface area contributed by atoms with Crippen molar-refractivity contribution in [3.8, 4) is 0 Å². The predicted molar refractivity (Wildman–Crippen MR) is 118 cm³/mol. The van der Waals surface area contributed by atoms with E-state index in [2.05, 4.69) is 37.2 Å². The molecule has 4 rings (SSSR count). The lowest BCUT2D eigenvalue weighted by Gasteiger charge is -2.35. The largest absolute Gasteiger partial charge is 0.421 e. The fraction of sp³-hybridized carbons (Fsp3) is 0.455. The van der Waals surface area contributed by atoms with Crippen molar-refractivity contribution in [3.63, 3.8) is 0 Å². The van der Waals surface area contributed by atoms with Crippen LogP contribution in [0.25, 0.3) is 0 Å². The number of aromatic nitrogens is 2. The van der Waals surface area contributed by atoms with Crippen molar-refractivity contribution in [1.29, 1.82) is 0 Å². The molecule has 2 aromatic rings. The Hall–Kier alpha value is -2.85. The number of nitrogens with one attached hydrogen (secondary N) is 4. The zero-order valence-electron chi connectivity index (χ0n) is 18.3. The average Bonchev–Trinajstić information content (AvgIpc) is 3.13. The summed E-state index contributed by atoms with van der Waals surface area (Å²) in [5, 5.41) is 15.5. The van der Waals surface area contributed by atoms with Crippen LogP contribution in [-0.2, 0) is 5.79 Å². The van der Waals surface area contributed by atoms with E-state index in [1.54, 1.807) is 13.0 Å². The second kappa shape index (κ2) is 8.25. The van der Waals surface area contributed by atoms with Crippen LogP contribution in [0.2, 0.25) is 0 Å². The number of benzene rings is 1. The van der Waals surface area contributed by atoms with Gasteiger partial charge in [-0.15, -0.1) is 0 Å². The van der Waals surface area contributed by atoms with Crippen LogP contribution in [0.5, 0.6) is 0 Å². The summed E-state index contributed by atoms with van der Waals surface area (Å²) >= 11 is 0. The molecule has 1 aromatic carbocycles. The summed E-state index contributed by atoms with van der Waals surface area (Å²) in [5.74, 6) is -1.14. The van der Waals surface area contributed by atoms with Gasteiger partial charge < -0.3 is 16.0 Å². The number of allylic oxidation sites excluding steroid dienone is 1. The molecule has 0 saturated carbocycles. The highest BCUT2D eigenvalue weighted by molar-refractivity contribution is 5.84. The minimum atomic E-state index is -4.62. The number of aryl methyl sites for hydroxylation is 3. The highest BCUT2D eigenvalue weighted by Gasteiger charge is 2.42. The summed E-state index contributed by atoms with van der Waals surface area (Å²) < 4.78 is 41.0. The fourth-order valence-corrected chi connectivity index (χ4v) is 4.40. The van der Waals surface area contributed by atoms with Crippen molar-refractivity contribution >= 4 is 12.0 Å². The van der Waals surface area contributed by atoms with Crippen LogP contribution in [0.4, 0.5) is 19.0 Å². The third kappa shape index (κ3) is 4.37. The van der Waals surface area contributed by atoms with Gasteiger partial charge in [0.2, 0.25) is 5.79 Å². The summed E-state index contributed by atoms with van der Waals surface area (Å²) in [7, 11) is 0. The third-order valence-electron chi connectivity index (χ3n) is 6.05. The molecule has 1 aromatic heterocycles. The van der Waals surface area contributed by atoms with Crippen molar-refractivity contribution in [2.45, 2.75) is 51.5 Å². The molecule has 6 N–H and O–H groups in total. The molecule has 1 fully saturated rings. The Morgan fingerprint density at radius 2 is 1.81 bits per heavy atom. The molecule has 0 aliphatic carbocycles. The lowest BCUT2D eigenvalue weighted by molar-refractivity contribution is -0.0871. The first-order chi connectivity index (χ1) is 15.1. The van der Waals surface area contributed by atoms with Crippen LogP contribution in [0.3, 0.4) is 0 Å². The molecule has 0 bridgehead atoms. The number of rotatable bonds is 4. The van der Waals surface area contributed by atoms with Gasteiger partial charge in [0.1, 0.15) is 11.4 Å². The lowest BCUT2D eigenvalue weighted by atomic mass is 9.84. The van der Waals surface area contributed by atoms with Gasteiger partial charge in [-0.1, -0.05) is 6.07 Å². The van der Waals surface area contributed by atoms with Crippen LogP contribution in [0.1, 0.15) is 46.7 Å². The molecule has 172 valence electrons. The van der Waals surface area contributed by atoms with Crippen molar-refractivity contribution < 1.29 is 13.2 Å². The number of nitrogens with zero attached hydrogens (tertiary/aromatic N) is 2. The van der Waals surface area contributed by atoms with Crippen molar-refractivity contribution in [2.75, 3.05) is 18.4 Å². The van der Waals surface area contributed by atoms with E-state index in [1.165, 1.54) is 5.56 Å². The summed E-state index contributed by atoms with van der Waals surface area (Å²) in [6, 6.07) is 5.64. The topological polar surface area (TPSA) is 103 Å². The number of piperidine rings is 1. The standard InChI is InChI=1S/C22H28F3N7/c1-12-9-17(13(2)8-16(12)15-4-6-27-7-5-15)22(26)28-11-18(21(23,24)25)20(30-22)29-19-10-14(3)31-32-19/h8-11,15,27,30H,4-7,26H2,1-3H3,(H2,29,31,32). The molecule has 3 heterocycles. The van der Waals surface area contributed by atoms with E-state index in [0.29, 0.717) is 17.2 Å². The minimum Gasteiger partial charge on any atom is -0.331 e. The van der Waals surface area contributed by atoms with Gasteiger partial charge in [-0.2, -0.15) is 18.3 Å². The van der Waals surface area contributed by atoms with E-state index in [4.69, 9.17) is 5.73 Å². The quantitative estimate of drug-likeness (QED) is 0.494. The lowest BCUT2D eigenvalue weighted by Crippen LogP contribution is -2.53. The molecule has 0 spiro atoms. The van der Waals surface area contributed by atoms with E-state index in [0.717, 1.165) is 43.3 Å². The summed E-state index contributed by atoms with van der Waals surface area (Å²) in [6.45, 7) is 7.64. The van der Waals surface area contributed by atoms with Gasteiger partial charge in [0, 0.05) is 23.5 Å². The fourth-order valence-electron chi connectivity index (χ4n) is 4.40. The summed E-state index contributed by atoms with van der Waals surface area (Å²) in [6.07, 6.45) is -1.72. The van der Waals surface area contributed by atoms with Crippen LogP contribution in [0.15, 0.2) is 34.6 Å². The molecule has 0 amide bonds. The smallest absolute Gasteiger partial charge is 0.331 e. The highest BCUT2D eigenvalue weighted by atomic mass is 19.4. The Labute approximate surface area is 184 Å². The Kier molecular flexibility index (Phi) is 5.76. The molecule has 2 aliphatic heterocycles. The van der Waals surface area contributed by atoms with Crippen molar-refractivity contribution in [3.05, 3.63) is 57.5 Å². The minimum absolute atomic E-state index is 0.249. The predicted octanol–water partition coefficient (Wildman–Crippen LogP) is 3.43. The van der Waals surface area contributed by atoms with E-state index in [-0.39, 0.29) is 11.6 Å². The summed E-state index contributed by atoms with van der Waals surface area (Å²) in [5.41, 5.74) is 10.1. The van der Waals surface area contributed by atoms with Crippen molar-refractivity contribution in [2.24, 2.45) is 10.7 Å².